The molecule has 2 aromatic rings. The number of hydrogen-bond donors (Lipinski definition) is 0. The Bertz CT molecular complexity index is 605. The van der Waals surface area contributed by atoms with Gasteiger partial charge in [-0.05, 0) is 48.9 Å². The number of amides is 1. The molecule has 21 heavy (non-hydrogen) atoms. The largest absolute Gasteiger partial charge is 0.497 e. The third-order valence-corrected chi connectivity index (χ3v) is 4.68. The minimum Gasteiger partial charge on any atom is -0.497 e. The summed E-state index contributed by atoms with van der Waals surface area (Å²) in [6.07, 6.45) is 3.18. The van der Waals surface area contributed by atoms with E-state index in [0.717, 1.165) is 31.6 Å². The molecule has 0 atom stereocenters. The molecule has 1 saturated carbocycles. The average Bonchev–Trinajstić information content (AvgIpc) is 3.22. The highest BCUT2D eigenvalue weighted by Gasteiger charge is 2.32. The van der Waals surface area contributed by atoms with Crippen LogP contribution in [0.25, 0.3) is 0 Å². The van der Waals surface area contributed by atoms with Gasteiger partial charge < -0.3 is 9.64 Å². The first kappa shape index (κ1) is 14.1. The third-order valence-electron chi connectivity index (χ3n) is 3.74. The van der Waals surface area contributed by atoms with Gasteiger partial charge in [-0.25, -0.2) is 0 Å². The van der Waals surface area contributed by atoms with Crippen LogP contribution in [0.4, 0.5) is 0 Å². The van der Waals surface area contributed by atoms with Crippen molar-refractivity contribution in [3.05, 3.63) is 52.2 Å². The molecule has 4 heteroatoms. The predicted octanol–water partition coefficient (Wildman–Crippen LogP) is 3.60. The van der Waals surface area contributed by atoms with Crippen molar-refractivity contribution >= 4 is 17.2 Å². The molecule has 3 nitrogen and oxygen atoms in total. The topological polar surface area (TPSA) is 29.5 Å². The molecule has 1 aliphatic carbocycles. The van der Waals surface area contributed by atoms with Crippen LogP contribution in [0.1, 0.15) is 28.1 Å². The van der Waals surface area contributed by atoms with Crippen molar-refractivity contribution in [3.63, 3.8) is 0 Å². The van der Waals surface area contributed by atoms with Crippen molar-refractivity contribution < 1.29 is 9.53 Å². The summed E-state index contributed by atoms with van der Waals surface area (Å²) in [5.41, 5.74) is 0.715. The second-order valence-corrected chi connectivity index (χ2v) is 6.32. The number of carbonyl (C=O) groups excluding carboxylic acids is 1. The minimum absolute atomic E-state index is 0.118. The quantitative estimate of drug-likeness (QED) is 0.816. The van der Waals surface area contributed by atoms with Gasteiger partial charge in [0.05, 0.1) is 7.11 Å². The maximum absolute atomic E-state index is 12.7. The molecule has 0 saturated heterocycles. The molecule has 110 valence electrons. The zero-order chi connectivity index (χ0) is 14.7. The molecule has 1 aliphatic rings. The molecule has 1 fully saturated rings. The summed E-state index contributed by atoms with van der Waals surface area (Å²) in [6.45, 7) is 0.793. The van der Waals surface area contributed by atoms with E-state index in [1.807, 2.05) is 29.2 Å². The van der Waals surface area contributed by atoms with Crippen molar-refractivity contribution in [3.8, 4) is 5.75 Å². The summed E-state index contributed by atoms with van der Waals surface area (Å²) < 4.78 is 5.21. The summed E-state index contributed by atoms with van der Waals surface area (Å²) in [5, 5.41) is 2.08. The van der Waals surface area contributed by atoms with Crippen molar-refractivity contribution in [2.45, 2.75) is 25.3 Å². The second-order valence-electron chi connectivity index (χ2n) is 5.29. The Labute approximate surface area is 129 Å². The Kier molecular flexibility index (Phi) is 4.25. The van der Waals surface area contributed by atoms with E-state index in [2.05, 4.69) is 17.5 Å². The lowest BCUT2D eigenvalue weighted by Gasteiger charge is -2.22. The smallest absolute Gasteiger partial charge is 0.254 e. The monoisotopic (exact) mass is 301 g/mol. The molecule has 1 aromatic heterocycles. The highest BCUT2D eigenvalue weighted by atomic mass is 32.1. The summed E-state index contributed by atoms with van der Waals surface area (Å²) in [4.78, 5) is 16.1. The molecule has 0 bridgehead atoms. The van der Waals surface area contributed by atoms with Crippen molar-refractivity contribution in [1.29, 1.82) is 0 Å². The summed E-state index contributed by atoms with van der Waals surface area (Å²) in [7, 11) is 1.62. The number of ether oxygens (including phenoxy) is 1. The first-order valence-corrected chi connectivity index (χ1v) is 8.13. The molecule has 0 aliphatic heterocycles. The van der Waals surface area contributed by atoms with Gasteiger partial charge in [0.15, 0.2) is 0 Å². The first-order chi connectivity index (χ1) is 10.3. The average molecular weight is 301 g/mol. The fraction of sp³-hybridized carbons (Fsp3) is 0.353. The van der Waals surface area contributed by atoms with Gasteiger partial charge in [0.25, 0.3) is 5.91 Å². The number of hydrogen-bond acceptors (Lipinski definition) is 3. The zero-order valence-electron chi connectivity index (χ0n) is 12.1. The van der Waals surface area contributed by atoms with Crippen molar-refractivity contribution in [2.75, 3.05) is 13.7 Å². The molecule has 0 radical (unpaired) electrons. The van der Waals surface area contributed by atoms with Gasteiger partial charge >= 0.3 is 0 Å². The lowest BCUT2D eigenvalue weighted by molar-refractivity contribution is 0.0745. The molecule has 0 spiro atoms. The van der Waals surface area contributed by atoms with Gasteiger partial charge in [-0.2, -0.15) is 0 Å². The standard InChI is InChI=1S/C17H19NO2S/c1-20-15-5-2-4-13(12-15)17(19)18(14-7-8-14)10-9-16-6-3-11-21-16/h2-6,11-12,14H,7-10H2,1H3. The Hall–Kier alpha value is -1.81. The van der Waals surface area contributed by atoms with E-state index in [1.165, 1.54) is 4.88 Å². The lowest BCUT2D eigenvalue weighted by Crippen LogP contribution is -2.34. The van der Waals surface area contributed by atoms with E-state index in [1.54, 1.807) is 18.4 Å². The molecule has 0 unspecified atom stereocenters. The van der Waals surface area contributed by atoms with Crippen molar-refractivity contribution in [1.82, 2.24) is 4.90 Å². The number of benzene rings is 1. The molecular weight excluding hydrogens is 282 g/mol. The van der Waals surface area contributed by atoms with E-state index in [9.17, 15) is 4.79 Å². The van der Waals surface area contributed by atoms with Gasteiger partial charge in [-0.15, -0.1) is 11.3 Å². The number of carbonyl (C=O) groups is 1. The highest BCUT2D eigenvalue weighted by molar-refractivity contribution is 7.09. The van der Waals surface area contributed by atoms with E-state index in [4.69, 9.17) is 4.74 Å². The van der Waals surface area contributed by atoms with Crippen LogP contribution in [0.15, 0.2) is 41.8 Å². The summed E-state index contributed by atoms with van der Waals surface area (Å²) in [5.74, 6) is 0.850. The molecule has 3 rings (SSSR count). The molecular formula is C17H19NO2S. The van der Waals surface area contributed by atoms with Crippen LogP contribution in [-0.2, 0) is 6.42 Å². The molecule has 1 aromatic carbocycles. The molecule has 1 heterocycles. The van der Waals surface area contributed by atoms with Gasteiger partial charge in [-0.1, -0.05) is 12.1 Å². The van der Waals surface area contributed by atoms with E-state index >= 15 is 0 Å². The maximum Gasteiger partial charge on any atom is 0.254 e. The van der Waals surface area contributed by atoms with E-state index in [0.29, 0.717) is 11.6 Å². The fourth-order valence-corrected chi connectivity index (χ4v) is 3.14. The van der Waals surface area contributed by atoms with Gasteiger partial charge in [0.1, 0.15) is 5.75 Å². The van der Waals surface area contributed by atoms with Crippen LogP contribution in [0, 0.1) is 0 Å². The third kappa shape index (κ3) is 3.45. The Balaban J connectivity index is 1.72. The number of nitrogens with zero attached hydrogens (tertiary/aromatic N) is 1. The SMILES string of the molecule is COc1cccc(C(=O)N(CCc2cccs2)C2CC2)c1. The number of rotatable bonds is 6. The Morgan fingerprint density at radius 3 is 2.86 bits per heavy atom. The maximum atomic E-state index is 12.7. The predicted molar refractivity (Wildman–Crippen MR) is 85.1 cm³/mol. The molecule has 1 amide bonds. The first-order valence-electron chi connectivity index (χ1n) is 7.25. The van der Waals surface area contributed by atoms with Crippen molar-refractivity contribution in [2.24, 2.45) is 0 Å². The Morgan fingerprint density at radius 1 is 1.33 bits per heavy atom. The number of thiophene rings is 1. The van der Waals surface area contributed by atoms with Crippen LogP contribution < -0.4 is 4.74 Å². The van der Waals surface area contributed by atoms with E-state index in [-0.39, 0.29) is 5.91 Å². The molecule has 0 N–H and O–H groups in total. The lowest BCUT2D eigenvalue weighted by atomic mass is 10.1. The van der Waals surface area contributed by atoms with Gasteiger partial charge in [0.2, 0.25) is 0 Å². The van der Waals surface area contributed by atoms with Crippen LogP contribution in [0.2, 0.25) is 0 Å². The van der Waals surface area contributed by atoms with Gasteiger partial charge in [0, 0.05) is 23.0 Å². The highest BCUT2D eigenvalue weighted by Crippen LogP contribution is 2.29. The van der Waals surface area contributed by atoms with Crippen LogP contribution >= 0.6 is 11.3 Å². The number of methoxy groups -OCH3 is 1. The summed E-state index contributed by atoms with van der Waals surface area (Å²) >= 11 is 1.75. The second kappa shape index (κ2) is 6.31. The normalized spacial score (nSPS) is 14.0. The van der Waals surface area contributed by atoms with E-state index < -0.39 is 0 Å². The zero-order valence-corrected chi connectivity index (χ0v) is 12.9. The van der Waals surface area contributed by atoms with Gasteiger partial charge in [-0.3, -0.25) is 4.79 Å². The van der Waals surface area contributed by atoms with Crippen LogP contribution in [0.3, 0.4) is 0 Å². The Morgan fingerprint density at radius 2 is 2.19 bits per heavy atom. The van der Waals surface area contributed by atoms with Crippen LogP contribution in [-0.4, -0.2) is 30.5 Å². The summed E-state index contributed by atoms with van der Waals surface area (Å²) in [6, 6.07) is 12.0. The van der Waals surface area contributed by atoms with Crippen LogP contribution in [0.5, 0.6) is 5.75 Å². The minimum atomic E-state index is 0.118. The fourth-order valence-electron chi connectivity index (χ4n) is 2.44.